The molecule has 5 nitrogen and oxygen atoms in total. The minimum atomic E-state index is -0.320. The van der Waals surface area contributed by atoms with Crippen molar-refractivity contribution in [3.63, 3.8) is 0 Å². The van der Waals surface area contributed by atoms with Crippen molar-refractivity contribution in [3.05, 3.63) is 57.8 Å². The van der Waals surface area contributed by atoms with Crippen molar-refractivity contribution in [2.24, 2.45) is 4.99 Å². The Morgan fingerprint density at radius 1 is 1.19 bits per heavy atom. The SMILES string of the molecule is CCCCn1c(O)c2c(c1-c1ccccc1OC)C(=O)N=C2c1cccs1. The normalized spacial score (nSPS) is 13.0. The number of hydrogen-bond acceptors (Lipinski definition) is 4. The molecule has 1 aliphatic heterocycles. The summed E-state index contributed by atoms with van der Waals surface area (Å²) < 4.78 is 7.35. The van der Waals surface area contributed by atoms with Gasteiger partial charge in [0.1, 0.15) is 5.75 Å². The molecule has 1 amide bonds. The van der Waals surface area contributed by atoms with Crippen molar-refractivity contribution in [2.75, 3.05) is 7.11 Å². The molecule has 27 heavy (non-hydrogen) atoms. The number of aromatic nitrogens is 1. The van der Waals surface area contributed by atoms with Crippen molar-refractivity contribution in [3.8, 4) is 22.9 Å². The topological polar surface area (TPSA) is 63.8 Å². The van der Waals surface area contributed by atoms with Gasteiger partial charge in [0.15, 0.2) is 0 Å². The number of ether oxygens (including phenoxy) is 1. The van der Waals surface area contributed by atoms with E-state index in [4.69, 9.17) is 4.74 Å². The van der Waals surface area contributed by atoms with E-state index in [-0.39, 0.29) is 11.8 Å². The van der Waals surface area contributed by atoms with E-state index < -0.39 is 0 Å². The van der Waals surface area contributed by atoms with Crippen molar-refractivity contribution in [1.29, 1.82) is 0 Å². The summed E-state index contributed by atoms with van der Waals surface area (Å²) in [4.78, 5) is 18.0. The lowest BCUT2D eigenvalue weighted by atomic mass is 10.0. The van der Waals surface area contributed by atoms with E-state index in [0.717, 1.165) is 23.3 Å². The first-order valence-corrected chi connectivity index (χ1v) is 9.81. The van der Waals surface area contributed by atoms with Crippen molar-refractivity contribution >= 4 is 23.0 Å². The van der Waals surface area contributed by atoms with Gasteiger partial charge in [0, 0.05) is 12.1 Å². The zero-order chi connectivity index (χ0) is 19.0. The van der Waals surface area contributed by atoms with Crippen LogP contribution in [0.3, 0.4) is 0 Å². The number of carbonyl (C=O) groups is 1. The molecule has 1 aromatic carbocycles. The van der Waals surface area contributed by atoms with E-state index in [1.165, 1.54) is 11.3 Å². The molecule has 3 aromatic rings. The largest absolute Gasteiger partial charge is 0.496 e. The minimum absolute atomic E-state index is 0.0948. The van der Waals surface area contributed by atoms with Gasteiger partial charge in [-0.05, 0) is 30.0 Å². The fraction of sp³-hybridized carbons (Fsp3) is 0.238. The first-order chi connectivity index (χ1) is 13.2. The molecule has 2 aromatic heterocycles. The average Bonchev–Trinajstić information content (AvgIpc) is 3.38. The number of fused-ring (bicyclic) bond motifs is 1. The van der Waals surface area contributed by atoms with E-state index >= 15 is 0 Å². The molecule has 138 valence electrons. The number of aliphatic imine (C=N–C) groups is 1. The Morgan fingerprint density at radius 2 is 2.00 bits per heavy atom. The summed E-state index contributed by atoms with van der Waals surface area (Å²) >= 11 is 1.50. The number of hydrogen-bond donors (Lipinski definition) is 1. The molecule has 3 heterocycles. The fourth-order valence-electron chi connectivity index (χ4n) is 3.50. The lowest BCUT2D eigenvalue weighted by Crippen LogP contribution is -2.04. The smallest absolute Gasteiger partial charge is 0.280 e. The zero-order valence-electron chi connectivity index (χ0n) is 15.2. The summed E-state index contributed by atoms with van der Waals surface area (Å²) in [6, 6.07) is 11.4. The summed E-state index contributed by atoms with van der Waals surface area (Å²) in [5, 5.41) is 13.0. The molecule has 0 unspecified atom stereocenters. The van der Waals surface area contributed by atoms with Crippen LogP contribution < -0.4 is 4.74 Å². The third-order valence-electron chi connectivity index (χ3n) is 4.75. The number of para-hydroxylation sites is 1. The Labute approximate surface area is 161 Å². The van der Waals surface area contributed by atoms with Crippen LogP contribution in [0.25, 0.3) is 11.3 Å². The van der Waals surface area contributed by atoms with Gasteiger partial charge in [-0.1, -0.05) is 31.5 Å². The molecule has 0 saturated carbocycles. The number of carbonyl (C=O) groups excluding carboxylic acids is 1. The van der Waals surface area contributed by atoms with Gasteiger partial charge in [0.05, 0.1) is 34.5 Å². The lowest BCUT2D eigenvalue weighted by molar-refractivity contribution is 0.101. The van der Waals surface area contributed by atoms with Gasteiger partial charge in [-0.25, -0.2) is 4.99 Å². The van der Waals surface area contributed by atoms with Gasteiger partial charge in [-0.2, -0.15) is 0 Å². The van der Waals surface area contributed by atoms with Crippen LogP contribution in [0.4, 0.5) is 0 Å². The summed E-state index contributed by atoms with van der Waals surface area (Å²) in [6.07, 6.45) is 1.87. The van der Waals surface area contributed by atoms with E-state index in [1.54, 1.807) is 7.11 Å². The number of nitrogens with zero attached hydrogens (tertiary/aromatic N) is 2. The van der Waals surface area contributed by atoms with Gasteiger partial charge < -0.3 is 14.4 Å². The molecule has 0 saturated heterocycles. The summed E-state index contributed by atoms with van der Waals surface area (Å²) in [7, 11) is 1.60. The lowest BCUT2D eigenvalue weighted by Gasteiger charge is -2.14. The molecule has 0 aliphatic carbocycles. The predicted molar refractivity (Wildman–Crippen MR) is 107 cm³/mol. The Kier molecular flexibility index (Phi) is 4.58. The van der Waals surface area contributed by atoms with Gasteiger partial charge >= 0.3 is 0 Å². The van der Waals surface area contributed by atoms with Crippen LogP contribution in [0.5, 0.6) is 11.6 Å². The monoisotopic (exact) mass is 380 g/mol. The number of amides is 1. The Bertz CT molecular complexity index is 1030. The molecule has 0 bridgehead atoms. The first kappa shape index (κ1) is 17.5. The van der Waals surface area contributed by atoms with E-state index in [2.05, 4.69) is 11.9 Å². The van der Waals surface area contributed by atoms with Crippen LogP contribution in [-0.4, -0.2) is 28.4 Å². The molecule has 0 radical (unpaired) electrons. The number of benzene rings is 1. The minimum Gasteiger partial charge on any atom is -0.496 e. The second-order valence-electron chi connectivity index (χ2n) is 6.37. The number of rotatable bonds is 6. The molecule has 1 aliphatic rings. The number of thiophene rings is 1. The number of methoxy groups -OCH3 is 1. The van der Waals surface area contributed by atoms with Crippen molar-refractivity contribution in [1.82, 2.24) is 4.57 Å². The maximum absolute atomic E-state index is 12.9. The van der Waals surface area contributed by atoms with Gasteiger partial charge in [-0.3, -0.25) is 4.79 Å². The standard InChI is InChI=1S/C21H20N2O3S/c1-3-4-11-23-19(13-8-5-6-9-14(13)26-2)17-16(21(23)25)18(22-20(17)24)15-10-7-12-27-15/h5-10,12,25H,3-4,11H2,1-2H3. The number of aromatic hydroxyl groups is 1. The van der Waals surface area contributed by atoms with E-state index in [9.17, 15) is 9.90 Å². The van der Waals surface area contributed by atoms with Crippen LogP contribution in [0, 0.1) is 0 Å². The number of unbranched alkanes of at least 4 members (excludes halogenated alkanes) is 1. The van der Waals surface area contributed by atoms with E-state index in [0.29, 0.717) is 34.8 Å². The summed E-state index contributed by atoms with van der Waals surface area (Å²) in [5.74, 6) is 0.435. The molecule has 1 N–H and O–H groups in total. The molecule has 6 heteroatoms. The first-order valence-electron chi connectivity index (χ1n) is 8.93. The fourth-order valence-corrected chi connectivity index (χ4v) is 4.22. The molecular formula is C21H20N2O3S. The summed E-state index contributed by atoms with van der Waals surface area (Å²) in [5.41, 5.74) is 2.99. The van der Waals surface area contributed by atoms with Crippen LogP contribution in [-0.2, 0) is 6.54 Å². The zero-order valence-corrected chi connectivity index (χ0v) is 16.0. The van der Waals surface area contributed by atoms with Crippen LogP contribution >= 0.6 is 11.3 Å². The Morgan fingerprint density at radius 3 is 2.70 bits per heavy atom. The van der Waals surface area contributed by atoms with Gasteiger partial charge in [0.25, 0.3) is 5.91 Å². The third-order valence-corrected chi connectivity index (χ3v) is 5.63. The predicted octanol–water partition coefficient (Wildman–Crippen LogP) is 4.72. The quantitative estimate of drug-likeness (QED) is 0.673. The Balaban J connectivity index is 1.99. The van der Waals surface area contributed by atoms with Crippen molar-refractivity contribution < 1.29 is 14.6 Å². The van der Waals surface area contributed by atoms with Crippen LogP contribution in [0.2, 0.25) is 0 Å². The summed E-state index contributed by atoms with van der Waals surface area (Å²) in [6.45, 7) is 2.72. The average molecular weight is 380 g/mol. The third kappa shape index (κ3) is 2.77. The molecule has 4 rings (SSSR count). The second kappa shape index (κ2) is 7.04. The molecule has 0 atom stereocenters. The van der Waals surface area contributed by atoms with E-state index in [1.807, 2.05) is 46.3 Å². The van der Waals surface area contributed by atoms with Crippen LogP contribution in [0.15, 0.2) is 46.8 Å². The second-order valence-corrected chi connectivity index (χ2v) is 7.32. The van der Waals surface area contributed by atoms with Crippen molar-refractivity contribution in [2.45, 2.75) is 26.3 Å². The maximum atomic E-state index is 12.9. The molecular weight excluding hydrogens is 360 g/mol. The highest BCUT2D eigenvalue weighted by Gasteiger charge is 2.37. The molecule has 0 spiro atoms. The van der Waals surface area contributed by atoms with Gasteiger partial charge in [-0.15, -0.1) is 11.3 Å². The molecule has 0 fully saturated rings. The highest BCUT2D eigenvalue weighted by molar-refractivity contribution is 7.12. The van der Waals surface area contributed by atoms with Crippen LogP contribution in [0.1, 0.15) is 40.6 Å². The highest BCUT2D eigenvalue weighted by atomic mass is 32.1. The maximum Gasteiger partial charge on any atom is 0.280 e. The Hall–Kier alpha value is -2.86. The van der Waals surface area contributed by atoms with Gasteiger partial charge in [0.2, 0.25) is 5.88 Å². The highest BCUT2D eigenvalue weighted by Crippen LogP contribution is 2.44.